The van der Waals surface area contributed by atoms with E-state index in [1.54, 1.807) is 0 Å². The third-order valence-corrected chi connectivity index (χ3v) is 3.25. The summed E-state index contributed by atoms with van der Waals surface area (Å²) in [4.78, 5) is 27.2. The Bertz CT molecular complexity index is 303. The van der Waals surface area contributed by atoms with Gasteiger partial charge in [0.1, 0.15) is 5.78 Å². The molecule has 0 saturated carbocycles. The summed E-state index contributed by atoms with van der Waals surface area (Å²) in [6, 6.07) is 0. The van der Waals surface area contributed by atoms with Crippen LogP contribution in [0.5, 0.6) is 0 Å². The molecule has 5 heteroatoms. The zero-order chi connectivity index (χ0) is 15.7. The van der Waals surface area contributed by atoms with Gasteiger partial charge in [-0.3, -0.25) is 14.5 Å². The van der Waals surface area contributed by atoms with Gasteiger partial charge in [0.25, 0.3) is 0 Å². The Morgan fingerprint density at radius 2 is 1.45 bits per heavy atom. The summed E-state index contributed by atoms with van der Waals surface area (Å²) >= 11 is 0. The van der Waals surface area contributed by atoms with Crippen molar-refractivity contribution in [1.29, 1.82) is 0 Å². The number of nitrogens with zero attached hydrogens (tertiary/aromatic N) is 2. The Morgan fingerprint density at radius 1 is 0.900 bits per heavy atom. The normalized spacial score (nSPS) is 11.7. The van der Waals surface area contributed by atoms with E-state index in [4.69, 9.17) is 0 Å². The van der Waals surface area contributed by atoms with Crippen LogP contribution in [0.3, 0.4) is 0 Å². The first-order chi connectivity index (χ1) is 9.23. The maximum absolute atomic E-state index is 11.6. The summed E-state index contributed by atoms with van der Waals surface area (Å²) in [6.07, 6.45) is 0. The van der Waals surface area contributed by atoms with Crippen molar-refractivity contribution in [2.75, 3.05) is 46.8 Å². The van der Waals surface area contributed by atoms with Crippen LogP contribution in [0.1, 0.15) is 27.7 Å². The molecule has 0 aromatic carbocycles. The highest BCUT2D eigenvalue weighted by molar-refractivity contribution is 5.82. The highest BCUT2D eigenvalue weighted by atomic mass is 16.1. The Hall–Kier alpha value is -0.940. The van der Waals surface area contributed by atoms with E-state index in [0.29, 0.717) is 13.1 Å². The third-order valence-electron chi connectivity index (χ3n) is 3.25. The van der Waals surface area contributed by atoms with Crippen LogP contribution in [0, 0.1) is 11.8 Å². The van der Waals surface area contributed by atoms with Crippen molar-refractivity contribution in [1.82, 2.24) is 15.1 Å². The predicted molar refractivity (Wildman–Crippen MR) is 82.7 cm³/mol. The number of hydrogen-bond acceptors (Lipinski definition) is 4. The van der Waals surface area contributed by atoms with E-state index in [1.165, 1.54) is 0 Å². The summed E-state index contributed by atoms with van der Waals surface area (Å²) in [7, 11) is 3.99. The van der Waals surface area contributed by atoms with Crippen molar-refractivity contribution >= 4 is 11.7 Å². The SMILES string of the molecule is CC(C)C(=O)CN(C)CCN(C)CCNC(=O)C(C)C. The van der Waals surface area contributed by atoms with Gasteiger partial charge < -0.3 is 10.2 Å². The number of carbonyl (C=O) groups excluding carboxylic acids is 2. The number of rotatable bonds is 10. The zero-order valence-electron chi connectivity index (χ0n) is 13.9. The smallest absolute Gasteiger partial charge is 0.222 e. The summed E-state index contributed by atoms with van der Waals surface area (Å²) < 4.78 is 0. The van der Waals surface area contributed by atoms with Crippen LogP contribution in [0.2, 0.25) is 0 Å². The number of Topliss-reactive ketones (excluding diaryl/α,β-unsaturated/α-hetero) is 1. The Labute approximate surface area is 123 Å². The molecule has 0 spiro atoms. The van der Waals surface area contributed by atoms with E-state index in [0.717, 1.165) is 19.6 Å². The number of carbonyl (C=O) groups is 2. The average molecular weight is 285 g/mol. The minimum atomic E-state index is 0.0356. The van der Waals surface area contributed by atoms with E-state index >= 15 is 0 Å². The maximum Gasteiger partial charge on any atom is 0.222 e. The molecule has 0 radical (unpaired) electrons. The molecule has 0 heterocycles. The van der Waals surface area contributed by atoms with Crippen molar-refractivity contribution in [3.05, 3.63) is 0 Å². The molecule has 0 saturated heterocycles. The van der Waals surface area contributed by atoms with Crippen LogP contribution < -0.4 is 5.32 Å². The van der Waals surface area contributed by atoms with E-state index in [1.807, 2.05) is 46.7 Å². The third kappa shape index (κ3) is 9.04. The first-order valence-corrected chi connectivity index (χ1v) is 7.41. The molecule has 1 amide bonds. The molecule has 0 fully saturated rings. The van der Waals surface area contributed by atoms with Crippen LogP contribution >= 0.6 is 0 Å². The number of amides is 1. The topological polar surface area (TPSA) is 52.7 Å². The molecule has 0 aromatic heterocycles. The second kappa shape index (κ2) is 9.88. The number of hydrogen-bond donors (Lipinski definition) is 1. The molecule has 0 atom stereocenters. The quantitative estimate of drug-likeness (QED) is 0.646. The monoisotopic (exact) mass is 285 g/mol. The lowest BCUT2D eigenvalue weighted by molar-refractivity contribution is -0.124. The Kier molecular flexibility index (Phi) is 9.42. The van der Waals surface area contributed by atoms with Crippen LogP contribution in [0.15, 0.2) is 0 Å². The molecule has 118 valence electrons. The summed E-state index contributed by atoms with van der Waals surface area (Å²) in [5.41, 5.74) is 0. The standard InChI is InChI=1S/C15H31N3O2/c1-12(2)14(19)11-18(6)10-9-17(5)8-7-16-15(20)13(3)4/h12-13H,7-11H2,1-6H3,(H,16,20). The average Bonchev–Trinajstić information content (AvgIpc) is 2.35. The first kappa shape index (κ1) is 19.1. The van der Waals surface area contributed by atoms with E-state index in [9.17, 15) is 9.59 Å². The lowest BCUT2D eigenvalue weighted by atomic mass is 10.1. The van der Waals surface area contributed by atoms with Gasteiger partial charge in [-0.05, 0) is 14.1 Å². The molecule has 0 aliphatic carbocycles. The largest absolute Gasteiger partial charge is 0.355 e. The molecule has 0 rings (SSSR count). The van der Waals surface area contributed by atoms with Gasteiger partial charge in [0.15, 0.2) is 0 Å². The van der Waals surface area contributed by atoms with Gasteiger partial charge >= 0.3 is 0 Å². The van der Waals surface area contributed by atoms with Gasteiger partial charge in [-0.15, -0.1) is 0 Å². The predicted octanol–water partition coefficient (Wildman–Crippen LogP) is 0.847. The summed E-state index contributed by atoms with van der Waals surface area (Å²) in [6.45, 7) is 11.4. The summed E-state index contributed by atoms with van der Waals surface area (Å²) in [5, 5.41) is 2.90. The van der Waals surface area contributed by atoms with Crippen molar-refractivity contribution in [2.24, 2.45) is 11.8 Å². The fourth-order valence-corrected chi connectivity index (χ4v) is 1.55. The van der Waals surface area contributed by atoms with Crippen molar-refractivity contribution in [2.45, 2.75) is 27.7 Å². The number of nitrogens with one attached hydrogen (secondary N) is 1. The lowest BCUT2D eigenvalue weighted by Gasteiger charge is -2.22. The Balaban J connectivity index is 3.74. The van der Waals surface area contributed by atoms with Crippen LogP contribution in [0.4, 0.5) is 0 Å². The molecule has 0 bridgehead atoms. The van der Waals surface area contributed by atoms with Gasteiger partial charge in [-0.25, -0.2) is 0 Å². The Morgan fingerprint density at radius 3 is 1.95 bits per heavy atom. The van der Waals surface area contributed by atoms with Crippen LogP contribution in [-0.2, 0) is 9.59 Å². The molecule has 0 aliphatic rings. The first-order valence-electron chi connectivity index (χ1n) is 7.41. The van der Waals surface area contributed by atoms with E-state index < -0.39 is 0 Å². The van der Waals surface area contributed by atoms with Crippen molar-refractivity contribution < 1.29 is 9.59 Å². The number of likely N-dealkylation sites (N-methyl/N-ethyl adjacent to an activating group) is 2. The van der Waals surface area contributed by atoms with Crippen LogP contribution in [0.25, 0.3) is 0 Å². The second-order valence-corrected chi connectivity index (χ2v) is 6.11. The van der Waals surface area contributed by atoms with Gasteiger partial charge in [0, 0.05) is 38.0 Å². The molecular weight excluding hydrogens is 254 g/mol. The van der Waals surface area contributed by atoms with Crippen molar-refractivity contribution in [3.8, 4) is 0 Å². The lowest BCUT2D eigenvalue weighted by Crippen LogP contribution is -2.39. The highest BCUT2D eigenvalue weighted by Gasteiger charge is 2.11. The van der Waals surface area contributed by atoms with Gasteiger partial charge in [0.05, 0.1) is 6.54 Å². The molecule has 20 heavy (non-hydrogen) atoms. The fourth-order valence-electron chi connectivity index (χ4n) is 1.55. The molecule has 5 nitrogen and oxygen atoms in total. The molecule has 0 unspecified atom stereocenters. The maximum atomic E-state index is 11.6. The number of ketones is 1. The zero-order valence-corrected chi connectivity index (χ0v) is 13.9. The van der Waals surface area contributed by atoms with Gasteiger partial charge in [-0.2, -0.15) is 0 Å². The molecular formula is C15H31N3O2. The fraction of sp³-hybridized carbons (Fsp3) is 0.867. The van der Waals surface area contributed by atoms with Crippen LogP contribution in [-0.4, -0.2) is 68.3 Å². The minimum absolute atomic E-state index is 0.0356. The summed E-state index contributed by atoms with van der Waals surface area (Å²) in [5.74, 6) is 0.507. The highest BCUT2D eigenvalue weighted by Crippen LogP contribution is 1.96. The van der Waals surface area contributed by atoms with Crippen molar-refractivity contribution in [3.63, 3.8) is 0 Å². The minimum Gasteiger partial charge on any atom is -0.355 e. The van der Waals surface area contributed by atoms with E-state index in [-0.39, 0.29) is 23.5 Å². The second-order valence-electron chi connectivity index (χ2n) is 6.11. The molecule has 0 aliphatic heterocycles. The van der Waals surface area contributed by atoms with E-state index in [2.05, 4.69) is 10.2 Å². The molecule has 1 N–H and O–H groups in total. The molecule has 0 aromatic rings. The van der Waals surface area contributed by atoms with Gasteiger partial charge in [0.2, 0.25) is 5.91 Å². The van der Waals surface area contributed by atoms with Gasteiger partial charge in [-0.1, -0.05) is 27.7 Å².